The summed E-state index contributed by atoms with van der Waals surface area (Å²) in [6, 6.07) is 3.94. The SMILES string of the molecule is CC(C)Oc1cnc(B2OC(C)(C)C(C)(C)O2)cn1.CN(C)c1cnc(B2OC(C)(C)C(C)(C)O2)cn1.CN(C)c1cncc(B2OC(C)(C)C(C)(C)O2)n1.COc1cncc(B2OC(C)(C)C(C)(C)O2)n1.Cc1cc(B2OC(C)(C)C(C)(C)O2)ccn1. The Kier molecular flexibility index (Phi) is 21.8. The first kappa shape index (κ1) is 71.7. The fourth-order valence-corrected chi connectivity index (χ4v) is 8.26. The molecule has 0 atom stereocenters. The third kappa shape index (κ3) is 16.9. The summed E-state index contributed by atoms with van der Waals surface area (Å²) in [7, 11) is 7.10. The maximum Gasteiger partial charge on any atom is 0.516 e. The number of pyridine rings is 1. The predicted octanol–water partition coefficient (Wildman–Crippen LogP) is 5.72. The predicted molar refractivity (Wildman–Crippen MR) is 347 cm³/mol. The number of hydrogen-bond donors (Lipinski definition) is 0. The van der Waals surface area contributed by atoms with Crippen molar-refractivity contribution >= 4 is 75.1 Å². The number of aromatic nitrogens is 9. The average Bonchev–Trinajstić information content (AvgIpc) is 2.63. The fraction of sp³-hybridized carbons (Fsp3) is 0.650. The van der Waals surface area contributed by atoms with Crippen LogP contribution < -0.4 is 47.1 Å². The molecule has 28 heteroatoms. The van der Waals surface area contributed by atoms with Crippen LogP contribution in [0.1, 0.15) is 158 Å². The lowest BCUT2D eigenvalue weighted by molar-refractivity contribution is 0.00578. The van der Waals surface area contributed by atoms with E-state index >= 15 is 0 Å². The lowest BCUT2D eigenvalue weighted by Crippen LogP contribution is -2.41. The minimum absolute atomic E-state index is 0.0806. The molecule has 5 aliphatic rings. The van der Waals surface area contributed by atoms with Gasteiger partial charge in [-0.1, -0.05) is 0 Å². The topological polar surface area (TPSA) is 233 Å². The van der Waals surface area contributed by atoms with E-state index in [4.69, 9.17) is 56.0 Å². The smallest absolute Gasteiger partial charge is 0.480 e. The summed E-state index contributed by atoms with van der Waals surface area (Å²) in [5.74, 6) is 2.57. The van der Waals surface area contributed by atoms with Crippen molar-refractivity contribution in [2.75, 3.05) is 45.1 Å². The van der Waals surface area contributed by atoms with E-state index < -0.39 is 28.5 Å². The zero-order valence-corrected chi connectivity index (χ0v) is 57.6. The summed E-state index contributed by atoms with van der Waals surface area (Å²) in [6.07, 6.45) is 15.1. The van der Waals surface area contributed by atoms with Gasteiger partial charge in [0, 0.05) is 64.9 Å². The van der Waals surface area contributed by atoms with Gasteiger partial charge in [-0.3, -0.25) is 24.9 Å². The Bertz CT molecular complexity index is 3020. The van der Waals surface area contributed by atoms with Crippen molar-refractivity contribution in [2.45, 2.75) is 221 Å². The summed E-state index contributed by atoms with van der Waals surface area (Å²) in [5, 5.41) is 0. The van der Waals surface area contributed by atoms with Crippen LogP contribution in [0.4, 0.5) is 11.6 Å². The number of methoxy groups -OCH3 is 1. The average molecular weight is 1220 g/mol. The van der Waals surface area contributed by atoms with Gasteiger partial charge in [0.05, 0.1) is 116 Å². The van der Waals surface area contributed by atoms with Crippen LogP contribution in [-0.4, -0.2) is 178 Å². The molecule has 5 fully saturated rings. The van der Waals surface area contributed by atoms with Crippen LogP contribution in [-0.2, 0) is 46.5 Å². The second kappa shape index (κ2) is 26.8. The van der Waals surface area contributed by atoms with Crippen LogP contribution in [0, 0.1) is 6.92 Å². The van der Waals surface area contributed by atoms with Crippen LogP contribution >= 0.6 is 0 Å². The molecule has 5 aromatic rings. The van der Waals surface area contributed by atoms with Gasteiger partial charge in [0.2, 0.25) is 11.8 Å². The van der Waals surface area contributed by atoms with E-state index in [0.29, 0.717) is 34.1 Å². The highest BCUT2D eigenvalue weighted by Gasteiger charge is 2.56. The number of hydrogen-bond acceptors (Lipinski definition) is 23. The van der Waals surface area contributed by atoms with Gasteiger partial charge in [0.25, 0.3) is 0 Å². The van der Waals surface area contributed by atoms with Gasteiger partial charge < -0.3 is 65.8 Å². The number of nitrogens with zero attached hydrogens (tertiary/aromatic N) is 11. The molecule has 88 heavy (non-hydrogen) atoms. The molecule has 23 nitrogen and oxygen atoms in total. The maximum atomic E-state index is 5.96. The van der Waals surface area contributed by atoms with Crippen LogP contribution in [0.2, 0.25) is 0 Å². The summed E-state index contributed by atoms with van der Waals surface area (Å²) in [4.78, 5) is 42.2. The summed E-state index contributed by atoms with van der Waals surface area (Å²) >= 11 is 0. The minimum atomic E-state index is -0.498. The third-order valence-electron chi connectivity index (χ3n) is 17.5. The van der Waals surface area contributed by atoms with Gasteiger partial charge in [-0.25, -0.2) is 19.9 Å². The Balaban J connectivity index is 0.000000176. The first-order chi connectivity index (χ1) is 40.3. The number of ether oxygens (including phenoxy) is 2. The highest BCUT2D eigenvalue weighted by molar-refractivity contribution is 6.63. The largest absolute Gasteiger partial charge is 0.516 e. The van der Waals surface area contributed by atoms with Crippen molar-refractivity contribution in [1.82, 2.24) is 44.9 Å². The minimum Gasteiger partial charge on any atom is -0.480 e. The van der Waals surface area contributed by atoms with Gasteiger partial charge in [-0.2, -0.15) is 0 Å². The normalized spacial score (nSPS) is 21.4. The van der Waals surface area contributed by atoms with Crippen molar-refractivity contribution in [2.24, 2.45) is 0 Å². The molecule has 0 radical (unpaired) electrons. The molecule has 478 valence electrons. The number of rotatable bonds is 10. The molecule has 5 aliphatic heterocycles. The Hall–Kier alpha value is -5.41. The maximum absolute atomic E-state index is 5.96. The monoisotopic (exact) mass is 1220 g/mol. The van der Waals surface area contributed by atoms with Gasteiger partial charge in [0.15, 0.2) is 0 Å². The third-order valence-corrected chi connectivity index (χ3v) is 17.5. The Labute approximate surface area is 525 Å². The van der Waals surface area contributed by atoms with E-state index in [1.54, 1.807) is 62.9 Å². The van der Waals surface area contributed by atoms with E-state index in [9.17, 15) is 0 Å². The lowest BCUT2D eigenvalue weighted by Gasteiger charge is -2.32. The fourth-order valence-electron chi connectivity index (χ4n) is 8.26. The zero-order chi connectivity index (χ0) is 66.0. The van der Waals surface area contributed by atoms with Crippen molar-refractivity contribution < 1.29 is 56.0 Å². The quantitative estimate of drug-likeness (QED) is 0.152. The standard InChI is InChI=1S/C13H21BN2O3.2C12H20BN3O2.C12H18BNO2.C11H17BN2O3/c1-9(2)17-11-8-15-10(7-16-11)14-18-12(3,4)13(5,6)19-14;1-11(2)12(3,4)18-13(17-11)9-7-15-10(8-14-9)16(5)6;1-11(2)12(3,4)18-13(17-11)9-7-14-8-10(15-9)16(5)6;1-9-8-10(6-7-14-9)13-15-11(2,3)12(4,5)16-13;1-10(2)11(3,4)17-12(16-10)8-6-13-7-9(14-8)15-5/h7-9H,1-6H3;2*7-8H,1-6H3;6-8H,1-5H3;6-7H,1-5H3. The molecule has 0 saturated carbocycles. The van der Waals surface area contributed by atoms with E-state index in [-0.39, 0.29) is 69.2 Å². The second-order valence-electron chi connectivity index (χ2n) is 28.0. The van der Waals surface area contributed by atoms with Gasteiger partial charge in [-0.05, 0) is 177 Å². The van der Waals surface area contributed by atoms with Crippen molar-refractivity contribution in [3.8, 4) is 11.8 Å². The van der Waals surface area contributed by atoms with E-state index in [1.807, 2.05) is 182 Å². The van der Waals surface area contributed by atoms with Gasteiger partial charge in [-0.15, -0.1) is 0 Å². The number of aryl methyl sites for hydroxylation is 1. The van der Waals surface area contributed by atoms with Crippen molar-refractivity contribution in [3.05, 3.63) is 73.6 Å². The molecule has 0 unspecified atom stereocenters. The molecular weight excluding hydrogens is 1120 g/mol. The number of anilines is 2. The second-order valence-corrected chi connectivity index (χ2v) is 28.0. The van der Waals surface area contributed by atoms with Crippen molar-refractivity contribution in [1.29, 1.82) is 0 Å². The molecule has 5 aromatic heterocycles. The molecule has 0 bridgehead atoms. The Morgan fingerprint density at radius 3 is 1.09 bits per heavy atom. The molecule has 0 spiro atoms. The highest BCUT2D eigenvalue weighted by atomic mass is 16.7. The summed E-state index contributed by atoms with van der Waals surface area (Å²) < 4.78 is 69.7. The molecule has 0 aromatic carbocycles. The van der Waals surface area contributed by atoms with Crippen molar-refractivity contribution in [3.63, 3.8) is 0 Å². The van der Waals surface area contributed by atoms with E-state index in [1.165, 1.54) is 0 Å². The molecular formula is C60H96B5N11O12. The molecule has 0 aliphatic carbocycles. The molecule has 0 N–H and O–H groups in total. The van der Waals surface area contributed by atoms with E-state index in [0.717, 1.165) is 22.8 Å². The summed E-state index contributed by atoms with van der Waals surface area (Å²) in [6.45, 7) is 46.3. The van der Waals surface area contributed by atoms with Crippen LogP contribution in [0.3, 0.4) is 0 Å². The van der Waals surface area contributed by atoms with Crippen LogP contribution in [0.5, 0.6) is 11.8 Å². The van der Waals surface area contributed by atoms with Gasteiger partial charge >= 0.3 is 35.6 Å². The lowest BCUT2D eigenvalue weighted by atomic mass is 9.79. The first-order valence-electron chi connectivity index (χ1n) is 29.9. The molecule has 0 amide bonds. The van der Waals surface area contributed by atoms with Crippen LogP contribution in [0.15, 0.2) is 67.9 Å². The molecule has 10 rings (SSSR count). The first-order valence-corrected chi connectivity index (χ1v) is 29.9. The zero-order valence-electron chi connectivity index (χ0n) is 57.6. The highest BCUT2D eigenvalue weighted by Crippen LogP contribution is 2.40. The van der Waals surface area contributed by atoms with E-state index in [2.05, 4.69) is 72.6 Å². The van der Waals surface area contributed by atoms with Gasteiger partial charge in [0.1, 0.15) is 11.6 Å². The molecule has 10 heterocycles. The van der Waals surface area contributed by atoms with Crippen LogP contribution in [0.25, 0.3) is 0 Å². The molecule has 5 saturated heterocycles. The Morgan fingerprint density at radius 2 is 0.750 bits per heavy atom. The summed E-state index contributed by atoms with van der Waals surface area (Å²) in [5.41, 5.74) is 1.27. The Morgan fingerprint density at radius 1 is 0.386 bits per heavy atom.